The Hall–Kier alpha value is -3.41. The number of hydrogen-bond acceptors (Lipinski definition) is 5. The summed E-state index contributed by atoms with van der Waals surface area (Å²) in [5.74, 6) is -0.267. The number of aryl methyl sites for hydroxylation is 1. The first-order valence-electron chi connectivity index (χ1n) is 8.49. The molecule has 2 aromatic carbocycles. The molecule has 0 fully saturated rings. The van der Waals surface area contributed by atoms with Gasteiger partial charge in [0, 0.05) is 11.1 Å². The number of hydrogen-bond donors (Lipinski definition) is 1. The first kappa shape index (κ1) is 18.4. The summed E-state index contributed by atoms with van der Waals surface area (Å²) in [4.78, 5) is 24.8. The molecule has 0 saturated carbocycles. The fourth-order valence-electron chi connectivity index (χ4n) is 2.57. The molecular weight excluding hydrogens is 344 g/mol. The highest BCUT2D eigenvalue weighted by atomic mass is 16.5. The molecule has 6 heteroatoms. The van der Waals surface area contributed by atoms with Crippen LogP contribution >= 0.6 is 0 Å². The fourth-order valence-corrected chi connectivity index (χ4v) is 2.57. The van der Waals surface area contributed by atoms with Crippen molar-refractivity contribution in [3.05, 3.63) is 71.4 Å². The maximum atomic E-state index is 12.4. The van der Waals surface area contributed by atoms with Crippen molar-refractivity contribution in [2.24, 2.45) is 0 Å². The van der Waals surface area contributed by atoms with Crippen LogP contribution in [0.1, 0.15) is 33.3 Å². The second-order valence-corrected chi connectivity index (χ2v) is 6.17. The summed E-state index contributed by atoms with van der Waals surface area (Å²) in [6.07, 6.45) is -0.919. The van der Waals surface area contributed by atoms with Crippen molar-refractivity contribution in [2.75, 3.05) is 7.11 Å². The van der Waals surface area contributed by atoms with E-state index in [2.05, 4.69) is 10.2 Å². The third-order valence-electron chi connectivity index (χ3n) is 4.17. The first-order chi connectivity index (χ1) is 13.0. The van der Waals surface area contributed by atoms with Gasteiger partial charge in [0.25, 0.3) is 0 Å². The van der Waals surface area contributed by atoms with Crippen LogP contribution in [0.5, 0.6) is 5.75 Å². The Morgan fingerprint density at radius 3 is 2.33 bits per heavy atom. The molecule has 0 radical (unpaired) electrons. The van der Waals surface area contributed by atoms with E-state index in [1.807, 2.05) is 31.2 Å². The molecule has 1 aromatic heterocycles. The SMILES string of the molecule is COc1ccc(C(=O)C(C)OC(=O)c2cc(-c3ccc(C)cc3)n[nH]2)cc1. The minimum atomic E-state index is -0.919. The zero-order valence-electron chi connectivity index (χ0n) is 15.4. The van der Waals surface area contributed by atoms with E-state index in [0.717, 1.165) is 11.1 Å². The maximum absolute atomic E-state index is 12.4. The van der Waals surface area contributed by atoms with E-state index in [1.54, 1.807) is 44.4 Å². The van der Waals surface area contributed by atoms with Gasteiger partial charge in [0.2, 0.25) is 5.78 Å². The predicted octanol–water partition coefficient (Wildman–Crippen LogP) is 3.82. The highest BCUT2D eigenvalue weighted by molar-refractivity contribution is 6.01. The summed E-state index contributed by atoms with van der Waals surface area (Å²) in [6.45, 7) is 3.54. The zero-order valence-corrected chi connectivity index (χ0v) is 15.4. The second-order valence-electron chi connectivity index (χ2n) is 6.17. The molecule has 0 aliphatic rings. The van der Waals surface area contributed by atoms with Crippen LogP contribution in [0.4, 0.5) is 0 Å². The highest BCUT2D eigenvalue weighted by Gasteiger charge is 2.22. The van der Waals surface area contributed by atoms with Gasteiger partial charge in [-0.15, -0.1) is 0 Å². The number of rotatable bonds is 6. The van der Waals surface area contributed by atoms with Gasteiger partial charge in [-0.25, -0.2) is 4.79 Å². The monoisotopic (exact) mass is 364 g/mol. The quantitative estimate of drug-likeness (QED) is 0.531. The third kappa shape index (κ3) is 4.23. The summed E-state index contributed by atoms with van der Waals surface area (Å²) in [6, 6.07) is 16.0. The van der Waals surface area contributed by atoms with Crippen LogP contribution in [0, 0.1) is 6.92 Å². The number of ether oxygens (including phenoxy) is 2. The molecule has 3 aromatic rings. The highest BCUT2D eigenvalue weighted by Crippen LogP contribution is 2.19. The average Bonchev–Trinajstić information content (AvgIpc) is 3.18. The molecule has 1 heterocycles. The summed E-state index contributed by atoms with van der Waals surface area (Å²) in [7, 11) is 1.55. The van der Waals surface area contributed by atoms with Gasteiger partial charge >= 0.3 is 5.97 Å². The number of Topliss-reactive ketones (excluding diaryl/α,β-unsaturated/α-hetero) is 1. The van der Waals surface area contributed by atoms with Crippen LogP contribution in [0.3, 0.4) is 0 Å². The molecule has 0 aliphatic carbocycles. The number of esters is 1. The van der Waals surface area contributed by atoms with Gasteiger partial charge in [-0.2, -0.15) is 5.10 Å². The average molecular weight is 364 g/mol. The Balaban J connectivity index is 1.67. The van der Waals surface area contributed by atoms with Gasteiger partial charge in [-0.1, -0.05) is 29.8 Å². The van der Waals surface area contributed by atoms with Crippen molar-refractivity contribution in [2.45, 2.75) is 20.0 Å². The largest absolute Gasteiger partial charge is 0.497 e. The van der Waals surface area contributed by atoms with Crippen molar-refractivity contribution in [1.29, 1.82) is 0 Å². The molecule has 27 heavy (non-hydrogen) atoms. The number of benzene rings is 2. The number of carbonyl (C=O) groups is 2. The maximum Gasteiger partial charge on any atom is 0.357 e. The minimum Gasteiger partial charge on any atom is -0.497 e. The lowest BCUT2D eigenvalue weighted by Gasteiger charge is -2.11. The fraction of sp³-hybridized carbons (Fsp3) is 0.190. The van der Waals surface area contributed by atoms with E-state index in [1.165, 1.54) is 0 Å². The van der Waals surface area contributed by atoms with Crippen molar-refractivity contribution >= 4 is 11.8 Å². The number of ketones is 1. The van der Waals surface area contributed by atoms with Crippen LogP contribution in [-0.4, -0.2) is 35.2 Å². The Morgan fingerprint density at radius 1 is 1.04 bits per heavy atom. The van der Waals surface area contributed by atoms with Gasteiger partial charge in [-0.05, 0) is 44.2 Å². The van der Waals surface area contributed by atoms with Gasteiger partial charge in [0.05, 0.1) is 12.8 Å². The van der Waals surface area contributed by atoms with E-state index in [4.69, 9.17) is 9.47 Å². The number of nitrogens with zero attached hydrogens (tertiary/aromatic N) is 1. The zero-order chi connectivity index (χ0) is 19.4. The van der Waals surface area contributed by atoms with E-state index in [-0.39, 0.29) is 11.5 Å². The molecule has 0 aliphatic heterocycles. The first-order valence-corrected chi connectivity index (χ1v) is 8.49. The van der Waals surface area contributed by atoms with E-state index in [9.17, 15) is 9.59 Å². The van der Waals surface area contributed by atoms with Crippen LogP contribution < -0.4 is 4.74 Å². The number of aromatic amines is 1. The molecule has 3 rings (SSSR count). The summed E-state index contributed by atoms with van der Waals surface area (Å²) in [5, 5.41) is 6.81. The van der Waals surface area contributed by atoms with Crippen LogP contribution in [0.25, 0.3) is 11.3 Å². The molecule has 0 bridgehead atoms. The standard InChI is InChI=1S/C21H20N2O4/c1-13-4-6-15(7-5-13)18-12-19(23-22-18)21(25)27-14(2)20(24)16-8-10-17(26-3)11-9-16/h4-12,14H,1-3H3,(H,22,23). The number of aromatic nitrogens is 2. The molecule has 0 amide bonds. The van der Waals surface area contributed by atoms with Crippen molar-refractivity contribution in [1.82, 2.24) is 10.2 Å². The number of carbonyl (C=O) groups excluding carboxylic acids is 2. The molecule has 0 saturated heterocycles. The molecular formula is C21H20N2O4. The van der Waals surface area contributed by atoms with Gasteiger partial charge in [0.15, 0.2) is 6.10 Å². The minimum absolute atomic E-state index is 0.194. The lowest BCUT2D eigenvalue weighted by atomic mass is 10.1. The third-order valence-corrected chi connectivity index (χ3v) is 4.17. The number of H-pyrrole nitrogens is 1. The summed E-state index contributed by atoms with van der Waals surface area (Å²) < 4.78 is 10.4. The molecule has 1 N–H and O–H groups in total. The smallest absolute Gasteiger partial charge is 0.357 e. The van der Waals surface area contributed by atoms with Crippen molar-refractivity contribution in [3.63, 3.8) is 0 Å². The molecule has 6 nitrogen and oxygen atoms in total. The van der Waals surface area contributed by atoms with Gasteiger partial charge < -0.3 is 9.47 Å². The van der Waals surface area contributed by atoms with Gasteiger partial charge in [-0.3, -0.25) is 9.89 Å². The predicted molar refractivity (Wildman–Crippen MR) is 101 cm³/mol. The Labute approximate surface area is 157 Å². The van der Waals surface area contributed by atoms with Crippen LogP contribution in [0.2, 0.25) is 0 Å². The van der Waals surface area contributed by atoms with E-state index < -0.39 is 12.1 Å². The molecule has 1 atom stereocenters. The molecule has 138 valence electrons. The Bertz CT molecular complexity index is 943. The second kappa shape index (κ2) is 7.86. The topological polar surface area (TPSA) is 81.3 Å². The van der Waals surface area contributed by atoms with E-state index in [0.29, 0.717) is 17.0 Å². The van der Waals surface area contributed by atoms with Gasteiger partial charge in [0.1, 0.15) is 11.4 Å². The Morgan fingerprint density at radius 2 is 1.70 bits per heavy atom. The van der Waals surface area contributed by atoms with Crippen molar-refractivity contribution < 1.29 is 19.1 Å². The lowest BCUT2D eigenvalue weighted by Crippen LogP contribution is -2.24. The normalized spacial score (nSPS) is 11.7. The molecule has 0 spiro atoms. The lowest BCUT2D eigenvalue weighted by molar-refractivity contribution is 0.0313. The number of nitrogens with one attached hydrogen (secondary N) is 1. The summed E-state index contributed by atoms with van der Waals surface area (Å²) >= 11 is 0. The Kier molecular flexibility index (Phi) is 5.35. The van der Waals surface area contributed by atoms with Crippen molar-refractivity contribution in [3.8, 4) is 17.0 Å². The number of methoxy groups -OCH3 is 1. The molecule has 1 unspecified atom stereocenters. The van der Waals surface area contributed by atoms with Crippen LogP contribution in [0.15, 0.2) is 54.6 Å². The van der Waals surface area contributed by atoms with E-state index >= 15 is 0 Å². The summed E-state index contributed by atoms with van der Waals surface area (Å²) in [5.41, 5.74) is 3.30. The van der Waals surface area contributed by atoms with Crippen LogP contribution in [-0.2, 0) is 4.74 Å².